The van der Waals surface area contributed by atoms with Crippen LogP contribution in [0, 0.1) is 17.5 Å². The molecular weight excluding hydrogens is 391 g/mol. The number of ether oxygens (including phenoxy) is 3. The number of rotatable bonds is 4. The fraction of sp³-hybridized carbons (Fsp3) is 0.474. The van der Waals surface area contributed by atoms with Crippen molar-refractivity contribution in [1.82, 2.24) is 9.55 Å². The van der Waals surface area contributed by atoms with Crippen LogP contribution in [0.3, 0.4) is 0 Å². The van der Waals surface area contributed by atoms with E-state index in [4.69, 9.17) is 14.2 Å². The first-order valence-corrected chi connectivity index (χ1v) is 9.08. The van der Waals surface area contributed by atoms with Crippen LogP contribution in [0.5, 0.6) is 11.6 Å². The molecular formula is C19H20F3N3O4. The number of hydrogen-bond acceptors (Lipinski definition) is 6. The van der Waals surface area contributed by atoms with Gasteiger partial charge in [0.2, 0.25) is 5.75 Å². The summed E-state index contributed by atoms with van der Waals surface area (Å²) in [5, 5.41) is 0. The van der Waals surface area contributed by atoms with Crippen LogP contribution in [0.2, 0.25) is 0 Å². The Morgan fingerprint density at radius 1 is 1.31 bits per heavy atom. The third-order valence-corrected chi connectivity index (χ3v) is 5.23. The van der Waals surface area contributed by atoms with Gasteiger partial charge in [0.1, 0.15) is 6.61 Å². The second kappa shape index (κ2) is 6.94. The van der Waals surface area contributed by atoms with Gasteiger partial charge in [-0.25, -0.2) is 18.0 Å². The first kappa shape index (κ1) is 19.6. The summed E-state index contributed by atoms with van der Waals surface area (Å²) in [6.45, 7) is 4.95. The average molecular weight is 411 g/mol. The van der Waals surface area contributed by atoms with Crippen molar-refractivity contribution in [2.24, 2.45) is 0 Å². The smallest absolute Gasteiger partial charge is 0.352 e. The molecule has 156 valence electrons. The number of halogens is 3. The van der Waals surface area contributed by atoms with E-state index in [1.807, 2.05) is 18.7 Å². The molecule has 4 rings (SSSR count). The quantitative estimate of drug-likeness (QED) is 0.719. The van der Waals surface area contributed by atoms with Crippen molar-refractivity contribution >= 4 is 5.82 Å². The summed E-state index contributed by atoms with van der Waals surface area (Å²) >= 11 is 0. The van der Waals surface area contributed by atoms with Gasteiger partial charge in [0.25, 0.3) is 5.88 Å². The first-order valence-electron chi connectivity index (χ1n) is 9.08. The van der Waals surface area contributed by atoms with E-state index in [-0.39, 0.29) is 29.9 Å². The molecule has 1 fully saturated rings. The van der Waals surface area contributed by atoms with Crippen LogP contribution < -0.4 is 20.1 Å². The van der Waals surface area contributed by atoms with Gasteiger partial charge >= 0.3 is 5.69 Å². The molecule has 0 unspecified atom stereocenters. The lowest BCUT2D eigenvalue weighted by Crippen LogP contribution is -2.56. The minimum Gasteiger partial charge on any atom is -0.489 e. The Bertz CT molecular complexity index is 1010. The van der Waals surface area contributed by atoms with Crippen molar-refractivity contribution in [3.05, 3.63) is 45.6 Å². The van der Waals surface area contributed by atoms with Crippen LogP contribution in [0.1, 0.15) is 19.4 Å². The molecule has 1 aromatic carbocycles. The van der Waals surface area contributed by atoms with Crippen molar-refractivity contribution < 1.29 is 27.4 Å². The van der Waals surface area contributed by atoms with E-state index in [1.165, 1.54) is 11.7 Å². The van der Waals surface area contributed by atoms with Gasteiger partial charge in [-0.3, -0.25) is 4.57 Å². The van der Waals surface area contributed by atoms with Gasteiger partial charge in [-0.15, -0.1) is 0 Å². The van der Waals surface area contributed by atoms with Gasteiger partial charge in [0.05, 0.1) is 31.9 Å². The number of anilines is 1. The van der Waals surface area contributed by atoms with E-state index in [2.05, 4.69) is 4.98 Å². The molecule has 0 bridgehead atoms. The number of aromatic nitrogens is 2. The average Bonchev–Trinajstić information content (AvgIpc) is 2.98. The number of hydrogen-bond donors (Lipinski definition) is 0. The molecule has 0 amide bonds. The van der Waals surface area contributed by atoms with Crippen LogP contribution >= 0.6 is 0 Å². The predicted octanol–water partition coefficient (Wildman–Crippen LogP) is 2.25. The summed E-state index contributed by atoms with van der Waals surface area (Å²) < 4.78 is 58.3. The van der Waals surface area contributed by atoms with Crippen molar-refractivity contribution in [2.75, 3.05) is 25.2 Å². The molecule has 0 N–H and O–H groups in total. The topological polar surface area (TPSA) is 65.8 Å². The summed E-state index contributed by atoms with van der Waals surface area (Å²) in [6.07, 6.45) is -0.0443. The molecule has 0 radical (unpaired) electrons. The maximum Gasteiger partial charge on any atom is 0.352 e. The van der Waals surface area contributed by atoms with E-state index < -0.39 is 28.7 Å². The minimum absolute atomic E-state index is 0.0443. The van der Waals surface area contributed by atoms with E-state index in [9.17, 15) is 18.0 Å². The third-order valence-electron chi connectivity index (χ3n) is 5.23. The van der Waals surface area contributed by atoms with Gasteiger partial charge in [-0.2, -0.15) is 4.98 Å². The summed E-state index contributed by atoms with van der Waals surface area (Å²) in [7, 11) is 1.42. The summed E-state index contributed by atoms with van der Waals surface area (Å²) in [4.78, 5) is 18.6. The van der Waals surface area contributed by atoms with Crippen molar-refractivity contribution in [1.29, 1.82) is 0 Å². The molecule has 29 heavy (non-hydrogen) atoms. The number of nitrogens with zero attached hydrogens (tertiary/aromatic N) is 3. The standard InChI is InChI=1S/C19H20F3N3O4/c1-10-6-25-17-15(27-3)16(23-18(26)24(17)8-19(25,2)9-29-10)28-7-11-4-12(20)14(22)13(21)5-11/h4-5,10H,6-9H2,1-3H3/t10-,19+/m0/s1. The van der Waals surface area contributed by atoms with Gasteiger partial charge < -0.3 is 19.1 Å². The van der Waals surface area contributed by atoms with Gasteiger partial charge in [-0.05, 0) is 31.5 Å². The SMILES string of the molecule is COc1c(OCc2cc(F)c(F)c(F)c2)nc(=O)n2c1N1C[C@H](C)OC[C@@]1(C)C2. The molecule has 0 spiro atoms. The Morgan fingerprint density at radius 3 is 2.66 bits per heavy atom. The van der Waals surface area contributed by atoms with Crippen molar-refractivity contribution in [2.45, 2.75) is 38.6 Å². The van der Waals surface area contributed by atoms with E-state index in [0.717, 1.165) is 12.1 Å². The molecule has 0 aliphatic carbocycles. The van der Waals surface area contributed by atoms with Crippen LogP contribution in [0.15, 0.2) is 16.9 Å². The number of fused-ring (bicyclic) bond motifs is 3. The minimum atomic E-state index is -1.55. The fourth-order valence-corrected chi connectivity index (χ4v) is 3.78. The van der Waals surface area contributed by atoms with E-state index >= 15 is 0 Å². The lowest BCUT2D eigenvalue weighted by atomic mass is 10.0. The Kier molecular flexibility index (Phi) is 4.68. The molecule has 2 aliphatic heterocycles. The van der Waals surface area contributed by atoms with E-state index in [1.54, 1.807) is 0 Å². The molecule has 2 aromatic rings. The molecule has 1 aromatic heterocycles. The Labute approximate surface area is 164 Å². The Balaban J connectivity index is 1.70. The first-order chi connectivity index (χ1) is 13.7. The molecule has 2 aliphatic rings. The lowest BCUT2D eigenvalue weighted by molar-refractivity contribution is 0.00300. The second-order valence-corrected chi connectivity index (χ2v) is 7.53. The Hall–Kier alpha value is -2.75. The zero-order chi connectivity index (χ0) is 20.9. The van der Waals surface area contributed by atoms with Crippen LogP contribution in [0.25, 0.3) is 0 Å². The fourth-order valence-electron chi connectivity index (χ4n) is 3.78. The third kappa shape index (κ3) is 3.21. The molecule has 10 heteroatoms. The Morgan fingerprint density at radius 2 is 2.00 bits per heavy atom. The largest absolute Gasteiger partial charge is 0.489 e. The highest BCUT2D eigenvalue weighted by Gasteiger charge is 2.47. The normalized spacial score (nSPS) is 23.0. The van der Waals surface area contributed by atoms with Gasteiger partial charge in [0, 0.05) is 6.54 Å². The zero-order valence-electron chi connectivity index (χ0n) is 16.2. The highest BCUT2D eigenvalue weighted by atomic mass is 19.2. The summed E-state index contributed by atoms with van der Waals surface area (Å²) in [5.74, 6) is -3.54. The van der Waals surface area contributed by atoms with Crippen molar-refractivity contribution in [3.8, 4) is 11.6 Å². The van der Waals surface area contributed by atoms with E-state index in [0.29, 0.717) is 25.5 Å². The van der Waals surface area contributed by atoms with Gasteiger partial charge in [-0.1, -0.05) is 0 Å². The van der Waals surface area contributed by atoms with Crippen LogP contribution in [0.4, 0.5) is 19.0 Å². The van der Waals surface area contributed by atoms with Gasteiger partial charge in [0.15, 0.2) is 23.3 Å². The van der Waals surface area contributed by atoms with Crippen molar-refractivity contribution in [3.63, 3.8) is 0 Å². The van der Waals surface area contributed by atoms with Crippen LogP contribution in [-0.4, -0.2) is 41.5 Å². The zero-order valence-corrected chi connectivity index (χ0v) is 16.2. The number of benzene rings is 1. The molecule has 2 atom stereocenters. The molecule has 0 saturated carbocycles. The predicted molar refractivity (Wildman–Crippen MR) is 96.9 cm³/mol. The second-order valence-electron chi connectivity index (χ2n) is 7.53. The number of morpholine rings is 1. The highest BCUT2D eigenvalue weighted by molar-refractivity contribution is 5.62. The molecule has 1 saturated heterocycles. The maximum atomic E-state index is 13.4. The monoisotopic (exact) mass is 411 g/mol. The maximum absolute atomic E-state index is 13.4. The molecule has 3 heterocycles. The summed E-state index contributed by atoms with van der Waals surface area (Å²) in [5.41, 5.74) is -0.915. The van der Waals surface area contributed by atoms with Crippen LogP contribution in [-0.2, 0) is 17.9 Å². The lowest BCUT2D eigenvalue weighted by Gasteiger charge is -2.42. The molecule has 7 nitrogen and oxygen atoms in total. The summed E-state index contributed by atoms with van der Waals surface area (Å²) in [6, 6.07) is 1.65. The number of methoxy groups -OCH3 is 1. The highest BCUT2D eigenvalue weighted by Crippen LogP contribution is 2.44.